The van der Waals surface area contributed by atoms with Gasteiger partial charge >= 0.3 is 0 Å². The molecule has 0 aromatic heterocycles. The van der Waals surface area contributed by atoms with Crippen molar-refractivity contribution in [1.82, 2.24) is 10.2 Å². The quantitative estimate of drug-likeness (QED) is 0.754. The third-order valence-electron chi connectivity index (χ3n) is 2.98. The SMILES string of the molecule is CN(C)C/C=C/C(=O)NCc1cccc(N(C)S(C)(=O)=O)c1. The van der Waals surface area contributed by atoms with Gasteiger partial charge in [-0.15, -0.1) is 0 Å². The van der Waals surface area contributed by atoms with Gasteiger partial charge in [-0.3, -0.25) is 9.10 Å². The van der Waals surface area contributed by atoms with Gasteiger partial charge in [-0.1, -0.05) is 18.2 Å². The number of rotatable bonds is 7. The van der Waals surface area contributed by atoms with Crippen LogP contribution in [0.2, 0.25) is 0 Å². The summed E-state index contributed by atoms with van der Waals surface area (Å²) in [6.07, 6.45) is 4.42. The highest BCUT2D eigenvalue weighted by atomic mass is 32.2. The van der Waals surface area contributed by atoms with Gasteiger partial charge in [-0.25, -0.2) is 8.42 Å². The smallest absolute Gasteiger partial charge is 0.243 e. The van der Waals surface area contributed by atoms with Crippen molar-refractivity contribution < 1.29 is 13.2 Å². The Morgan fingerprint density at radius 2 is 1.95 bits per heavy atom. The maximum absolute atomic E-state index is 11.7. The molecule has 0 heterocycles. The van der Waals surface area contributed by atoms with E-state index in [2.05, 4.69) is 5.32 Å². The van der Waals surface area contributed by atoms with E-state index >= 15 is 0 Å². The van der Waals surface area contributed by atoms with Crippen molar-refractivity contribution in [3.05, 3.63) is 42.0 Å². The highest BCUT2D eigenvalue weighted by Crippen LogP contribution is 2.17. The fraction of sp³-hybridized carbons (Fsp3) is 0.400. The van der Waals surface area contributed by atoms with Crippen LogP contribution in [-0.4, -0.2) is 53.2 Å². The minimum absolute atomic E-state index is 0.177. The van der Waals surface area contributed by atoms with Crippen LogP contribution in [0.3, 0.4) is 0 Å². The molecule has 1 aromatic carbocycles. The molecule has 22 heavy (non-hydrogen) atoms. The number of carbonyl (C=O) groups excluding carboxylic acids is 1. The first-order chi connectivity index (χ1) is 10.2. The van der Waals surface area contributed by atoms with Gasteiger partial charge in [0.15, 0.2) is 0 Å². The van der Waals surface area contributed by atoms with E-state index in [-0.39, 0.29) is 5.91 Å². The Morgan fingerprint density at radius 3 is 2.55 bits per heavy atom. The van der Waals surface area contributed by atoms with Gasteiger partial charge in [0.25, 0.3) is 0 Å². The van der Waals surface area contributed by atoms with Gasteiger partial charge in [-0.2, -0.15) is 0 Å². The van der Waals surface area contributed by atoms with Crippen LogP contribution in [-0.2, 0) is 21.4 Å². The first-order valence-corrected chi connectivity index (χ1v) is 8.67. The Morgan fingerprint density at radius 1 is 1.27 bits per heavy atom. The minimum atomic E-state index is -3.29. The van der Waals surface area contributed by atoms with Crippen LogP contribution in [0.5, 0.6) is 0 Å². The molecule has 1 amide bonds. The molecule has 0 aliphatic heterocycles. The lowest BCUT2D eigenvalue weighted by Crippen LogP contribution is -2.25. The molecule has 0 aliphatic carbocycles. The molecule has 6 nitrogen and oxygen atoms in total. The van der Waals surface area contributed by atoms with Gasteiger partial charge in [0, 0.05) is 26.2 Å². The molecule has 0 saturated carbocycles. The van der Waals surface area contributed by atoms with Crippen LogP contribution in [0.25, 0.3) is 0 Å². The second-order valence-electron chi connectivity index (χ2n) is 5.28. The van der Waals surface area contributed by atoms with Crippen molar-refractivity contribution in [2.75, 3.05) is 38.2 Å². The molecule has 0 saturated heterocycles. The summed E-state index contributed by atoms with van der Waals surface area (Å²) < 4.78 is 24.3. The van der Waals surface area contributed by atoms with Crippen LogP contribution >= 0.6 is 0 Å². The summed E-state index contributed by atoms with van der Waals surface area (Å²) in [7, 11) is 2.05. The van der Waals surface area contributed by atoms with Crippen molar-refractivity contribution in [3.63, 3.8) is 0 Å². The highest BCUT2D eigenvalue weighted by Gasteiger charge is 2.11. The Kier molecular flexibility index (Phi) is 6.58. The number of likely N-dealkylation sites (N-methyl/N-ethyl adjacent to an activating group) is 1. The lowest BCUT2D eigenvalue weighted by molar-refractivity contribution is -0.116. The summed E-state index contributed by atoms with van der Waals surface area (Å²) in [6.45, 7) is 1.04. The molecule has 0 unspecified atom stereocenters. The number of nitrogens with one attached hydrogen (secondary N) is 1. The van der Waals surface area contributed by atoms with E-state index in [1.54, 1.807) is 24.3 Å². The summed E-state index contributed by atoms with van der Waals surface area (Å²) in [6, 6.07) is 7.05. The van der Waals surface area contributed by atoms with Crippen LogP contribution in [0.15, 0.2) is 36.4 Å². The first-order valence-electron chi connectivity index (χ1n) is 6.82. The standard InChI is InChI=1S/C15H23N3O3S/c1-17(2)10-6-9-15(19)16-12-13-7-5-8-14(11-13)18(3)22(4,20)21/h5-9,11H,10,12H2,1-4H3,(H,16,19)/b9-6+. The summed E-state index contributed by atoms with van der Waals surface area (Å²) in [5, 5.41) is 2.77. The molecule has 122 valence electrons. The van der Waals surface area contributed by atoms with E-state index in [0.717, 1.165) is 11.8 Å². The number of amides is 1. The first kappa shape index (κ1) is 18.2. The Bertz CT molecular complexity index is 639. The van der Waals surface area contributed by atoms with Crippen molar-refractivity contribution in [1.29, 1.82) is 0 Å². The lowest BCUT2D eigenvalue weighted by Gasteiger charge is -2.17. The van der Waals surface area contributed by atoms with E-state index in [1.807, 2.05) is 25.1 Å². The zero-order valence-electron chi connectivity index (χ0n) is 13.4. The maximum atomic E-state index is 11.7. The topological polar surface area (TPSA) is 69.7 Å². The summed E-state index contributed by atoms with van der Waals surface area (Å²) >= 11 is 0. The summed E-state index contributed by atoms with van der Waals surface area (Å²) in [4.78, 5) is 13.6. The predicted octanol–water partition coefficient (Wildman–Crippen LogP) is 0.816. The molecular weight excluding hydrogens is 302 g/mol. The molecule has 0 aliphatic rings. The predicted molar refractivity (Wildman–Crippen MR) is 89.2 cm³/mol. The number of anilines is 1. The molecular formula is C15H23N3O3S. The van der Waals surface area contributed by atoms with E-state index in [4.69, 9.17) is 0 Å². The Labute approximate surface area is 132 Å². The third kappa shape index (κ3) is 6.28. The van der Waals surface area contributed by atoms with E-state index in [1.165, 1.54) is 17.4 Å². The molecule has 0 bridgehead atoms. The van der Waals surface area contributed by atoms with E-state index in [0.29, 0.717) is 18.8 Å². The molecule has 0 radical (unpaired) electrons. The molecule has 1 aromatic rings. The molecule has 0 atom stereocenters. The fourth-order valence-corrected chi connectivity index (χ4v) is 2.17. The normalized spacial score (nSPS) is 11.9. The second-order valence-corrected chi connectivity index (χ2v) is 7.30. The second kappa shape index (κ2) is 7.95. The van der Waals surface area contributed by atoms with Gasteiger partial charge in [-0.05, 0) is 31.8 Å². The molecule has 0 spiro atoms. The van der Waals surface area contributed by atoms with Crippen molar-refractivity contribution in [3.8, 4) is 0 Å². The summed E-state index contributed by atoms with van der Waals surface area (Å²) in [5.74, 6) is -0.177. The number of sulfonamides is 1. The number of benzene rings is 1. The average Bonchev–Trinajstić information content (AvgIpc) is 2.43. The zero-order chi connectivity index (χ0) is 16.8. The van der Waals surface area contributed by atoms with Crippen molar-refractivity contribution in [2.24, 2.45) is 0 Å². The third-order valence-corrected chi connectivity index (χ3v) is 4.18. The Hall–Kier alpha value is -1.86. The average molecular weight is 325 g/mol. The number of hydrogen-bond acceptors (Lipinski definition) is 4. The number of carbonyl (C=O) groups is 1. The monoisotopic (exact) mass is 325 g/mol. The van der Waals surface area contributed by atoms with Crippen LogP contribution < -0.4 is 9.62 Å². The Balaban J connectivity index is 2.64. The molecule has 0 fully saturated rings. The zero-order valence-corrected chi connectivity index (χ0v) is 14.2. The van der Waals surface area contributed by atoms with Gasteiger partial charge in [0.05, 0.1) is 11.9 Å². The van der Waals surface area contributed by atoms with Gasteiger partial charge in [0.2, 0.25) is 15.9 Å². The molecule has 1 N–H and O–H groups in total. The van der Waals surface area contributed by atoms with Gasteiger partial charge in [0.1, 0.15) is 0 Å². The number of nitrogens with zero attached hydrogens (tertiary/aromatic N) is 2. The molecule has 1 rings (SSSR count). The molecule has 7 heteroatoms. The van der Waals surface area contributed by atoms with Crippen LogP contribution in [0.4, 0.5) is 5.69 Å². The maximum Gasteiger partial charge on any atom is 0.243 e. The van der Waals surface area contributed by atoms with Crippen LogP contribution in [0, 0.1) is 0 Å². The van der Waals surface area contributed by atoms with E-state index in [9.17, 15) is 13.2 Å². The van der Waals surface area contributed by atoms with E-state index < -0.39 is 10.0 Å². The van der Waals surface area contributed by atoms with Crippen molar-refractivity contribution >= 4 is 21.6 Å². The van der Waals surface area contributed by atoms with Crippen LogP contribution in [0.1, 0.15) is 5.56 Å². The minimum Gasteiger partial charge on any atom is -0.348 e. The number of hydrogen-bond donors (Lipinski definition) is 1. The summed E-state index contributed by atoms with van der Waals surface area (Å²) in [5.41, 5.74) is 1.40. The fourth-order valence-electron chi connectivity index (χ4n) is 1.67. The van der Waals surface area contributed by atoms with Gasteiger partial charge < -0.3 is 10.2 Å². The highest BCUT2D eigenvalue weighted by molar-refractivity contribution is 7.92. The van der Waals surface area contributed by atoms with Crippen molar-refractivity contribution in [2.45, 2.75) is 6.54 Å². The largest absolute Gasteiger partial charge is 0.348 e. The lowest BCUT2D eigenvalue weighted by atomic mass is 10.2.